The van der Waals surface area contributed by atoms with Crippen LogP contribution < -0.4 is 15.8 Å². The van der Waals surface area contributed by atoms with Crippen LogP contribution in [0.2, 0.25) is 0 Å². The zero-order valence-electron chi connectivity index (χ0n) is 21.7. The van der Waals surface area contributed by atoms with Gasteiger partial charge in [0.2, 0.25) is 5.91 Å². The molecule has 1 fully saturated rings. The van der Waals surface area contributed by atoms with Gasteiger partial charge in [-0.05, 0) is 45.2 Å². The predicted octanol–water partition coefficient (Wildman–Crippen LogP) is 3.88. The molecule has 192 valence electrons. The van der Waals surface area contributed by atoms with Crippen molar-refractivity contribution in [2.24, 2.45) is 0 Å². The number of aryl methyl sites for hydroxylation is 2. The van der Waals surface area contributed by atoms with Crippen LogP contribution in [0.15, 0.2) is 18.3 Å². The average Bonchev–Trinajstić information content (AvgIpc) is 3.55. The molecule has 1 amide bonds. The molecule has 1 aliphatic rings. The number of benzene rings is 1. The van der Waals surface area contributed by atoms with Gasteiger partial charge in [0.15, 0.2) is 5.65 Å². The first-order valence-electron chi connectivity index (χ1n) is 11.9. The summed E-state index contributed by atoms with van der Waals surface area (Å²) in [6.07, 6.45) is 3.59. The topological polar surface area (TPSA) is 139 Å². The van der Waals surface area contributed by atoms with E-state index in [4.69, 9.17) is 25.2 Å². The number of hydrogen-bond donors (Lipinski definition) is 2. The molecule has 0 unspecified atom stereocenters. The van der Waals surface area contributed by atoms with Crippen molar-refractivity contribution in [3.63, 3.8) is 0 Å². The number of carbonyl (C=O) groups excluding carboxylic acids is 2. The van der Waals surface area contributed by atoms with Gasteiger partial charge in [-0.1, -0.05) is 6.07 Å². The highest BCUT2D eigenvalue weighted by atomic mass is 16.5. The first-order valence-corrected chi connectivity index (χ1v) is 11.9. The number of aromatic nitrogens is 5. The van der Waals surface area contributed by atoms with Crippen LogP contribution in [0, 0.1) is 20.8 Å². The third kappa shape index (κ3) is 3.87. The first kappa shape index (κ1) is 24.3. The smallest absolute Gasteiger partial charge is 0.342 e. The summed E-state index contributed by atoms with van der Waals surface area (Å²) in [6, 6.07) is 4.01. The van der Waals surface area contributed by atoms with Gasteiger partial charge in [-0.3, -0.25) is 9.36 Å². The summed E-state index contributed by atoms with van der Waals surface area (Å²) in [7, 11) is 2.90. The lowest BCUT2D eigenvalue weighted by Crippen LogP contribution is -2.12. The number of fused-ring (bicyclic) bond motifs is 1. The molecule has 1 saturated carbocycles. The van der Waals surface area contributed by atoms with E-state index in [2.05, 4.69) is 10.4 Å². The molecule has 11 heteroatoms. The van der Waals surface area contributed by atoms with E-state index < -0.39 is 5.97 Å². The van der Waals surface area contributed by atoms with E-state index in [-0.39, 0.29) is 23.3 Å². The molecule has 0 aliphatic heterocycles. The number of esters is 1. The van der Waals surface area contributed by atoms with Crippen LogP contribution in [-0.4, -0.2) is 50.4 Å². The molecule has 37 heavy (non-hydrogen) atoms. The molecule has 5 rings (SSSR count). The average molecular weight is 504 g/mol. The number of nitrogens with two attached hydrogens (primary N) is 1. The Bertz CT molecular complexity index is 1580. The van der Waals surface area contributed by atoms with E-state index in [9.17, 15) is 9.59 Å². The number of carbonyl (C=O) groups is 2. The molecular weight excluding hydrogens is 474 g/mol. The summed E-state index contributed by atoms with van der Waals surface area (Å²) in [5, 5.41) is 7.87. The number of nitrogen functional groups attached to an aromatic ring is 1. The fourth-order valence-corrected chi connectivity index (χ4v) is 4.84. The molecule has 1 aliphatic carbocycles. The monoisotopic (exact) mass is 503 g/mol. The van der Waals surface area contributed by atoms with Gasteiger partial charge in [0, 0.05) is 12.5 Å². The van der Waals surface area contributed by atoms with Crippen molar-refractivity contribution in [1.82, 2.24) is 24.3 Å². The lowest BCUT2D eigenvalue weighted by molar-refractivity contribution is -0.114. The van der Waals surface area contributed by atoms with Gasteiger partial charge >= 0.3 is 5.97 Å². The van der Waals surface area contributed by atoms with Crippen molar-refractivity contribution < 1.29 is 19.1 Å². The fraction of sp³-hybridized carbons (Fsp3) is 0.346. The molecule has 4 aromatic rings. The summed E-state index contributed by atoms with van der Waals surface area (Å²) >= 11 is 0. The number of rotatable bonds is 6. The Morgan fingerprint density at radius 1 is 1.14 bits per heavy atom. The quantitative estimate of drug-likeness (QED) is 0.378. The molecule has 0 radical (unpaired) electrons. The van der Waals surface area contributed by atoms with Crippen molar-refractivity contribution in [3.05, 3.63) is 40.8 Å². The van der Waals surface area contributed by atoms with E-state index >= 15 is 0 Å². The molecule has 11 nitrogen and oxygen atoms in total. The van der Waals surface area contributed by atoms with Crippen LogP contribution in [-0.2, 0) is 9.53 Å². The largest absolute Gasteiger partial charge is 0.496 e. The number of methoxy groups -OCH3 is 2. The standard InChI is InChI=1S/C26H29N7O4/c1-12-7-10-18(36-5)13(2)22(12)32-23(27)20(26(35)37-6)19-21(29-14(3)30-25(19)32)17-11-28-33(16-8-9-16)24(17)31-15(4)34/h7,10-11,16H,8-9,27H2,1-6H3,(H,31,34). The van der Waals surface area contributed by atoms with Crippen molar-refractivity contribution in [3.8, 4) is 22.7 Å². The lowest BCUT2D eigenvalue weighted by atomic mass is 10.1. The normalized spacial score (nSPS) is 13.1. The van der Waals surface area contributed by atoms with Crippen molar-refractivity contribution in [2.45, 2.75) is 46.6 Å². The maximum Gasteiger partial charge on any atom is 0.342 e. The van der Waals surface area contributed by atoms with Gasteiger partial charge in [-0.15, -0.1) is 0 Å². The van der Waals surface area contributed by atoms with E-state index in [1.54, 1.807) is 29.5 Å². The van der Waals surface area contributed by atoms with E-state index in [1.807, 2.05) is 26.0 Å². The van der Waals surface area contributed by atoms with E-state index in [0.29, 0.717) is 39.7 Å². The van der Waals surface area contributed by atoms with Crippen molar-refractivity contribution in [1.29, 1.82) is 0 Å². The summed E-state index contributed by atoms with van der Waals surface area (Å²) in [5.74, 6) is 0.959. The summed E-state index contributed by atoms with van der Waals surface area (Å²) in [6.45, 7) is 7.09. The van der Waals surface area contributed by atoms with Crippen molar-refractivity contribution in [2.75, 3.05) is 25.3 Å². The summed E-state index contributed by atoms with van der Waals surface area (Å²) < 4.78 is 14.3. The minimum Gasteiger partial charge on any atom is -0.496 e. The second-order valence-corrected chi connectivity index (χ2v) is 9.23. The van der Waals surface area contributed by atoms with Crippen LogP contribution in [0.3, 0.4) is 0 Å². The zero-order chi connectivity index (χ0) is 26.6. The lowest BCUT2D eigenvalue weighted by Gasteiger charge is -2.17. The third-order valence-corrected chi connectivity index (χ3v) is 6.61. The van der Waals surface area contributed by atoms with Crippen LogP contribution >= 0.6 is 0 Å². The summed E-state index contributed by atoms with van der Waals surface area (Å²) in [4.78, 5) is 34.7. The second kappa shape index (κ2) is 8.91. The van der Waals surface area contributed by atoms with Crippen LogP contribution in [0.25, 0.3) is 28.0 Å². The van der Waals surface area contributed by atoms with Gasteiger partial charge in [-0.25, -0.2) is 19.4 Å². The minimum atomic E-state index is -0.621. The molecule has 0 bridgehead atoms. The number of ether oxygens (including phenoxy) is 2. The Kier molecular flexibility index (Phi) is 5.85. The number of hydrogen-bond acceptors (Lipinski definition) is 8. The third-order valence-electron chi connectivity index (χ3n) is 6.61. The Hall–Kier alpha value is -4.41. The maximum absolute atomic E-state index is 13.2. The van der Waals surface area contributed by atoms with E-state index in [0.717, 1.165) is 29.7 Å². The molecule has 3 heterocycles. The van der Waals surface area contributed by atoms with E-state index in [1.165, 1.54) is 14.0 Å². The zero-order valence-corrected chi connectivity index (χ0v) is 21.7. The molecule has 0 saturated heterocycles. The van der Waals surface area contributed by atoms with Gasteiger partial charge in [-0.2, -0.15) is 5.10 Å². The number of anilines is 2. The fourth-order valence-electron chi connectivity index (χ4n) is 4.84. The molecule has 1 aromatic carbocycles. The van der Waals surface area contributed by atoms with Gasteiger partial charge in [0.25, 0.3) is 0 Å². The summed E-state index contributed by atoms with van der Waals surface area (Å²) in [5.41, 5.74) is 10.8. The molecule has 3 aromatic heterocycles. The minimum absolute atomic E-state index is 0.141. The number of nitrogens with zero attached hydrogens (tertiary/aromatic N) is 5. The van der Waals surface area contributed by atoms with Crippen LogP contribution in [0.4, 0.5) is 11.6 Å². The number of amides is 1. The Morgan fingerprint density at radius 2 is 1.86 bits per heavy atom. The van der Waals surface area contributed by atoms with Crippen molar-refractivity contribution >= 4 is 34.5 Å². The number of nitrogens with one attached hydrogen (secondary N) is 1. The highest BCUT2D eigenvalue weighted by Crippen LogP contribution is 2.44. The van der Waals surface area contributed by atoms with Gasteiger partial charge in [0.05, 0.1) is 48.8 Å². The molecule has 3 N–H and O–H groups in total. The Balaban J connectivity index is 1.91. The SMILES string of the molecule is COC(=O)c1c(N)n(-c2c(C)ccc(OC)c2C)c2nc(C)nc(-c3cnn(C4CC4)c3NC(C)=O)c12. The predicted molar refractivity (Wildman–Crippen MR) is 139 cm³/mol. The maximum atomic E-state index is 13.2. The highest BCUT2D eigenvalue weighted by Gasteiger charge is 2.33. The Morgan fingerprint density at radius 3 is 2.49 bits per heavy atom. The van der Waals surface area contributed by atoms with Crippen LogP contribution in [0.1, 0.15) is 53.1 Å². The van der Waals surface area contributed by atoms with Gasteiger partial charge in [0.1, 0.15) is 28.8 Å². The molecule has 0 spiro atoms. The molecular formula is C26H29N7O4. The second-order valence-electron chi connectivity index (χ2n) is 9.23. The highest BCUT2D eigenvalue weighted by molar-refractivity contribution is 6.14. The van der Waals surface area contributed by atoms with Gasteiger partial charge < -0.3 is 20.5 Å². The molecule has 0 atom stereocenters. The first-order chi connectivity index (χ1) is 17.7. The van der Waals surface area contributed by atoms with Crippen LogP contribution in [0.5, 0.6) is 5.75 Å². The Labute approximate surface area is 213 Å².